The third kappa shape index (κ3) is 3.82. The number of Topliss-reactive ketones (excluding diaryl/α,β-unsaturated/α-hetero) is 1. The molecule has 0 aliphatic rings. The molecule has 1 aromatic rings. The molecule has 0 amide bonds. The van der Waals surface area contributed by atoms with Gasteiger partial charge in [0.25, 0.3) is 0 Å². The monoisotopic (exact) mass is 223 g/mol. The summed E-state index contributed by atoms with van der Waals surface area (Å²) < 4.78 is 4.51. The molecule has 0 saturated carbocycles. The number of hydrogen-bond acceptors (Lipinski definition) is 4. The Morgan fingerprint density at radius 3 is 1.94 bits per heavy atom. The quantitative estimate of drug-likeness (QED) is 0.624. The van der Waals surface area contributed by atoms with E-state index in [0.717, 1.165) is 0 Å². The molecule has 1 aromatic carbocycles. The molecule has 0 aliphatic carbocycles. The van der Waals surface area contributed by atoms with Crippen LogP contribution >= 0.6 is 0 Å². The average molecular weight is 223 g/mol. The maximum atomic E-state index is 11.1. The lowest BCUT2D eigenvalue weighted by Crippen LogP contribution is -2.13. The zero-order chi connectivity index (χ0) is 12.6. The fourth-order valence-electron chi connectivity index (χ4n) is 1.03. The molecule has 16 heavy (non-hydrogen) atoms. The number of ether oxygens (including phenoxy) is 1. The first kappa shape index (κ1) is 14.3. The Balaban J connectivity index is 0.00000106. The third-order valence-electron chi connectivity index (χ3n) is 1.81. The number of ketones is 1. The van der Waals surface area contributed by atoms with Gasteiger partial charge < -0.3 is 10.5 Å². The molecule has 0 unspecified atom stereocenters. The van der Waals surface area contributed by atoms with Gasteiger partial charge in [0.1, 0.15) is 0 Å². The van der Waals surface area contributed by atoms with Crippen molar-refractivity contribution in [1.29, 1.82) is 0 Å². The van der Waals surface area contributed by atoms with E-state index in [1.54, 1.807) is 12.1 Å². The molecule has 0 bridgehead atoms. The zero-order valence-electron chi connectivity index (χ0n) is 9.82. The molecule has 0 saturated heterocycles. The van der Waals surface area contributed by atoms with Gasteiger partial charge in [-0.1, -0.05) is 26.0 Å². The van der Waals surface area contributed by atoms with Crippen molar-refractivity contribution in [2.24, 2.45) is 5.73 Å². The van der Waals surface area contributed by atoms with Crippen LogP contribution in [0.3, 0.4) is 0 Å². The Morgan fingerprint density at radius 2 is 1.56 bits per heavy atom. The second-order valence-electron chi connectivity index (χ2n) is 2.70. The zero-order valence-corrected chi connectivity index (χ0v) is 9.82. The smallest absolute Gasteiger partial charge is 0.337 e. The highest BCUT2D eigenvalue weighted by Gasteiger charge is 2.06. The van der Waals surface area contributed by atoms with E-state index in [4.69, 9.17) is 5.73 Å². The highest BCUT2D eigenvalue weighted by atomic mass is 16.5. The highest BCUT2D eigenvalue weighted by Crippen LogP contribution is 2.05. The number of nitrogens with two attached hydrogens (primary N) is 1. The van der Waals surface area contributed by atoms with Gasteiger partial charge in [0, 0.05) is 5.56 Å². The summed E-state index contributed by atoms with van der Waals surface area (Å²) in [6, 6.07) is 6.19. The molecular weight excluding hydrogens is 206 g/mol. The number of hydrogen-bond donors (Lipinski definition) is 1. The Labute approximate surface area is 95.4 Å². The minimum Gasteiger partial charge on any atom is -0.465 e. The van der Waals surface area contributed by atoms with Crippen LogP contribution in [0.4, 0.5) is 0 Å². The minimum atomic E-state index is -0.420. The van der Waals surface area contributed by atoms with Crippen molar-refractivity contribution in [1.82, 2.24) is 0 Å². The number of esters is 1. The molecule has 4 heteroatoms. The number of carbonyl (C=O) groups is 2. The van der Waals surface area contributed by atoms with Crippen LogP contribution in [0.5, 0.6) is 0 Å². The van der Waals surface area contributed by atoms with Gasteiger partial charge in [0.05, 0.1) is 19.2 Å². The van der Waals surface area contributed by atoms with Gasteiger partial charge in [-0.3, -0.25) is 4.79 Å². The fourth-order valence-corrected chi connectivity index (χ4v) is 1.03. The first-order valence-corrected chi connectivity index (χ1v) is 5.10. The van der Waals surface area contributed by atoms with E-state index in [1.807, 2.05) is 13.8 Å². The van der Waals surface area contributed by atoms with E-state index < -0.39 is 5.97 Å². The number of benzene rings is 1. The van der Waals surface area contributed by atoms with E-state index in [9.17, 15) is 9.59 Å². The van der Waals surface area contributed by atoms with Crippen LogP contribution in [-0.4, -0.2) is 25.4 Å². The van der Waals surface area contributed by atoms with E-state index >= 15 is 0 Å². The summed E-state index contributed by atoms with van der Waals surface area (Å²) >= 11 is 0. The molecule has 0 radical (unpaired) electrons. The van der Waals surface area contributed by atoms with Crippen molar-refractivity contribution in [2.75, 3.05) is 13.7 Å². The van der Waals surface area contributed by atoms with Crippen LogP contribution in [0, 0.1) is 0 Å². The molecule has 4 nitrogen and oxygen atoms in total. The molecular formula is C12H17NO3. The number of carbonyl (C=O) groups excluding carboxylic acids is 2. The van der Waals surface area contributed by atoms with Gasteiger partial charge in [0.2, 0.25) is 0 Å². The van der Waals surface area contributed by atoms with Crippen LogP contribution < -0.4 is 5.73 Å². The van der Waals surface area contributed by atoms with E-state index in [1.165, 1.54) is 19.2 Å². The van der Waals surface area contributed by atoms with Gasteiger partial charge in [-0.2, -0.15) is 0 Å². The summed E-state index contributed by atoms with van der Waals surface area (Å²) in [5.41, 5.74) is 6.10. The van der Waals surface area contributed by atoms with Crippen LogP contribution in [0.2, 0.25) is 0 Å². The summed E-state index contributed by atoms with van der Waals surface area (Å²) in [5.74, 6) is -0.571. The second-order valence-corrected chi connectivity index (χ2v) is 2.70. The lowest BCUT2D eigenvalue weighted by Gasteiger charge is -2.00. The topological polar surface area (TPSA) is 69.4 Å². The number of methoxy groups -OCH3 is 1. The fraction of sp³-hybridized carbons (Fsp3) is 0.333. The average Bonchev–Trinajstić information content (AvgIpc) is 2.39. The van der Waals surface area contributed by atoms with Crippen LogP contribution in [-0.2, 0) is 4.74 Å². The molecule has 88 valence electrons. The summed E-state index contributed by atoms with van der Waals surface area (Å²) in [4.78, 5) is 22.2. The molecule has 0 atom stereocenters. The van der Waals surface area contributed by atoms with E-state index in [-0.39, 0.29) is 12.3 Å². The Kier molecular flexibility index (Phi) is 6.79. The van der Waals surface area contributed by atoms with Crippen molar-refractivity contribution in [3.63, 3.8) is 0 Å². The first-order valence-electron chi connectivity index (χ1n) is 5.10. The van der Waals surface area contributed by atoms with Crippen molar-refractivity contribution in [3.8, 4) is 0 Å². The van der Waals surface area contributed by atoms with Crippen LogP contribution in [0.1, 0.15) is 34.6 Å². The van der Waals surface area contributed by atoms with Gasteiger partial charge in [0.15, 0.2) is 5.78 Å². The van der Waals surface area contributed by atoms with Crippen molar-refractivity contribution < 1.29 is 14.3 Å². The van der Waals surface area contributed by atoms with Crippen molar-refractivity contribution in [3.05, 3.63) is 35.4 Å². The SMILES string of the molecule is CC.COC(=O)c1ccc(C(=O)CN)cc1. The van der Waals surface area contributed by atoms with Gasteiger partial charge in [-0.25, -0.2) is 4.79 Å². The summed E-state index contributed by atoms with van der Waals surface area (Å²) in [7, 11) is 1.31. The van der Waals surface area contributed by atoms with E-state index in [2.05, 4.69) is 4.74 Å². The first-order chi connectivity index (χ1) is 7.69. The standard InChI is InChI=1S/C10H11NO3.C2H6/c1-14-10(13)8-4-2-7(3-5-8)9(12)6-11;1-2/h2-5H,6,11H2,1H3;1-2H3. The lowest BCUT2D eigenvalue weighted by atomic mass is 10.1. The summed E-state index contributed by atoms with van der Waals surface area (Å²) in [6.45, 7) is 3.97. The van der Waals surface area contributed by atoms with Crippen LogP contribution in [0.15, 0.2) is 24.3 Å². The Bertz CT molecular complexity index is 309. The maximum absolute atomic E-state index is 11.1. The molecule has 0 spiro atoms. The summed E-state index contributed by atoms with van der Waals surface area (Å²) in [6.07, 6.45) is 0. The number of rotatable bonds is 3. The molecule has 0 aromatic heterocycles. The lowest BCUT2D eigenvalue weighted by molar-refractivity contribution is 0.0600. The van der Waals surface area contributed by atoms with Crippen LogP contribution in [0.25, 0.3) is 0 Å². The predicted octanol–water partition coefficient (Wildman–Crippen LogP) is 1.64. The predicted molar refractivity (Wildman–Crippen MR) is 62.5 cm³/mol. The molecule has 2 N–H and O–H groups in total. The summed E-state index contributed by atoms with van der Waals surface area (Å²) in [5, 5.41) is 0. The third-order valence-corrected chi connectivity index (χ3v) is 1.81. The molecule has 0 aliphatic heterocycles. The maximum Gasteiger partial charge on any atom is 0.337 e. The highest BCUT2D eigenvalue weighted by molar-refractivity contribution is 5.98. The Morgan fingerprint density at radius 1 is 1.12 bits per heavy atom. The largest absolute Gasteiger partial charge is 0.465 e. The second kappa shape index (κ2) is 7.59. The van der Waals surface area contributed by atoms with Crippen molar-refractivity contribution in [2.45, 2.75) is 13.8 Å². The molecule has 1 rings (SSSR count). The van der Waals surface area contributed by atoms with E-state index in [0.29, 0.717) is 11.1 Å². The van der Waals surface area contributed by atoms with Gasteiger partial charge in [-0.15, -0.1) is 0 Å². The minimum absolute atomic E-state index is 0.0302. The van der Waals surface area contributed by atoms with Crippen molar-refractivity contribution >= 4 is 11.8 Å². The van der Waals surface area contributed by atoms with Gasteiger partial charge in [-0.05, 0) is 12.1 Å². The molecule has 0 fully saturated rings. The Hall–Kier alpha value is -1.68. The molecule has 0 heterocycles. The normalized spacial score (nSPS) is 8.75. The van der Waals surface area contributed by atoms with Gasteiger partial charge >= 0.3 is 5.97 Å².